The molecule has 140 valence electrons. The molecule has 0 N–H and O–H groups in total. The van der Waals surface area contributed by atoms with Crippen molar-refractivity contribution in [2.45, 2.75) is 12.8 Å². The van der Waals surface area contributed by atoms with Crippen molar-refractivity contribution < 1.29 is 13.9 Å². The molecule has 2 heterocycles. The van der Waals surface area contributed by atoms with Gasteiger partial charge in [0.1, 0.15) is 17.5 Å². The SMILES string of the molecule is CCO/C=N/C1=C(C#N)C(c2ccc(Br)cc2)c2sc3c(F)cccc3c2O1. The first-order valence-corrected chi connectivity index (χ1v) is 10.2. The third kappa shape index (κ3) is 3.19. The molecule has 0 saturated carbocycles. The Hall–Kier alpha value is -2.69. The van der Waals surface area contributed by atoms with E-state index < -0.39 is 5.92 Å². The van der Waals surface area contributed by atoms with Crippen molar-refractivity contribution in [3.8, 4) is 11.8 Å². The molecule has 0 bridgehead atoms. The number of hydrogen-bond acceptors (Lipinski definition) is 5. The minimum atomic E-state index is -0.396. The summed E-state index contributed by atoms with van der Waals surface area (Å²) in [5, 5.41) is 10.5. The number of aliphatic imine (C=N–C) groups is 1. The first-order valence-electron chi connectivity index (χ1n) is 8.56. The lowest BCUT2D eigenvalue weighted by Gasteiger charge is -2.23. The minimum Gasteiger partial charge on any atom is -0.483 e. The summed E-state index contributed by atoms with van der Waals surface area (Å²) in [4.78, 5) is 5.00. The van der Waals surface area contributed by atoms with Crippen LogP contribution in [-0.4, -0.2) is 13.0 Å². The van der Waals surface area contributed by atoms with Crippen LogP contribution in [0.25, 0.3) is 10.1 Å². The highest BCUT2D eigenvalue weighted by molar-refractivity contribution is 9.10. The Morgan fingerprint density at radius 1 is 1.32 bits per heavy atom. The predicted molar refractivity (Wildman–Crippen MR) is 111 cm³/mol. The molecule has 0 spiro atoms. The van der Waals surface area contributed by atoms with Gasteiger partial charge in [0.25, 0.3) is 0 Å². The standard InChI is InChI=1S/C21H14BrFN2O2S/c1-2-26-11-25-21-15(10-24)17(12-6-8-13(22)9-7-12)20-18(27-21)14-4-3-5-16(23)19(14)28-20/h3-9,11,17H,2H2,1H3/b25-11+. The fourth-order valence-electron chi connectivity index (χ4n) is 3.12. The molecule has 1 aliphatic rings. The molecule has 0 aliphatic carbocycles. The molecule has 1 aliphatic heterocycles. The predicted octanol–water partition coefficient (Wildman–Crippen LogP) is 6.13. The number of nitriles is 1. The summed E-state index contributed by atoms with van der Waals surface area (Å²) in [6, 6.07) is 14.8. The first-order chi connectivity index (χ1) is 13.6. The van der Waals surface area contributed by atoms with Gasteiger partial charge in [0.15, 0.2) is 12.2 Å². The Kier molecular flexibility index (Phi) is 5.16. The van der Waals surface area contributed by atoms with Gasteiger partial charge in [-0.05, 0) is 36.8 Å². The van der Waals surface area contributed by atoms with E-state index >= 15 is 0 Å². The third-order valence-corrected chi connectivity index (χ3v) is 6.15. The number of rotatable bonds is 4. The summed E-state index contributed by atoms with van der Waals surface area (Å²) in [7, 11) is 0. The van der Waals surface area contributed by atoms with Crippen LogP contribution in [0.3, 0.4) is 0 Å². The fraction of sp³-hybridized carbons (Fsp3) is 0.143. The summed E-state index contributed by atoms with van der Waals surface area (Å²) in [6.07, 6.45) is 1.27. The minimum absolute atomic E-state index is 0.167. The average molecular weight is 457 g/mol. The second kappa shape index (κ2) is 7.74. The van der Waals surface area contributed by atoms with Gasteiger partial charge in [-0.15, -0.1) is 11.3 Å². The Labute approximate surface area is 173 Å². The van der Waals surface area contributed by atoms with Gasteiger partial charge in [-0.25, -0.2) is 4.39 Å². The molecule has 0 radical (unpaired) electrons. The van der Waals surface area contributed by atoms with E-state index in [-0.39, 0.29) is 11.7 Å². The van der Waals surface area contributed by atoms with Crippen molar-refractivity contribution >= 4 is 43.8 Å². The maximum absolute atomic E-state index is 14.4. The van der Waals surface area contributed by atoms with Crippen molar-refractivity contribution in [1.82, 2.24) is 0 Å². The lowest BCUT2D eigenvalue weighted by Crippen LogP contribution is -2.14. The monoisotopic (exact) mass is 456 g/mol. The van der Waals surface area contributed by atoms with Crippen LogP contribution in [0.4, 0.5) is 4.39 Å². The molecule has 2 aromatic carbocycles. The molecule has 4 rings (SSSR count). The quantitative estimate of drug-likeness (QED) is 0.350. The number of benzene rings is 2. The number of nitrogens with zero attached hydrogens (tertiary/aromatic N) is 2. The topological polar surface area (TPSA) is 54.6 Å². The number of ether oxygens (including phenoxy) is 2. The maximum Gasteiger partial charge on any atom is 0.236 e. The number of halogens is 2. The van der Waals surface area contributed by atoms with E-state index in [0.29, 0.717) is 28.0 Å². The molecule has 1 atom stereocenters. The van der Waals surface area contributed by atoms with Gasteiger partial charge in [-0.1, -0.05) is 34.1 Å². The van der Waals surface area contributed by atoms with Crippen LogP contribution in [0.15, 0.2) is 63.4 Å². The van der Waals surface area contributed by atoms with E-state index in [1.54, 1.807) is 6.07 Å². The summed E-state index contributed by atoms with van der Waals surface area (Å²) in [5.41, 5.74) is 1.26. The molecular weight excluding hydrogens is 443 g/mol. The van der Waals surface area contributed by atoms with Crippen molar-refractivity contribution in [2.75, 3.05) is 6.61 Å². The van der Waals surface area contributed by atoms with E-state index in [4.69, 9.17) is 9.47 Å². The Bertz CT molecular complexity index is 1150. The zero-order valence-corrected chi connectivity index (χ0v) is 17.2. The van der Waals surface area contributed by atoms with E-state index in [2.05, 4.69) is 27.0 Å². The Balaban J connectivity index is 1.96. The Morgan fingerprint density at radius 2 is 2.11 bits per heavy atom. The first kappa shape index (κ1) is 18.7. The van der Waals surface area contributed by atoms with Gasteiger partial charge < -0.3 is 9.47 Å². The van der Waals surface area contributed by atoms with Gasteiger partial charge in [0.05, 0.1) is 22.1 Å². The van der Waals surface area contributed by atoms with Gasteiger partial charge in [-0.2, -0.15) is 10.3 Å². The molecule has 4 nitrogen and oxygen atoms in total. The largest absolute Gasteiger partial charge is 0.483 e. The van der Waals surface area contributed by atoms with Gasteiger partial charge in [-0.3, -0.25) is 0 Å². The van der Waals surface area contributed by atoms with Gasteiger partial charge >= 0.3 is 0 Å². The van der Waals surface area contributed by atoms with Crippen LogP contribution < -0.4 is 4.74 Å². The Morgan fingerprint density at radius 3 is 2.82 bits per heavy atom. The van der Waals surface area contributed by atoms with E-state index in [1.807, 2.05) is 37.3 Å². The molecule has 1 unspecified atom stereocenters. The highest BCUT2D eigenvalue weighted by atomic mass is 79.9. The average Bonchev–Trinajstić information content (AvgIpc) is 3.07. The van der Waals surface area contributed by atoms with Gasteiger partial charge in [0.2, 0.25) is 5.88 Å². The third-order valence-electron chi connectivity index (χ3n) is 4.36. The lowest BCUT2D eigenvalue weighted by molar-refractivity contribution is 0.336. The van der Waals surface area contributed by atoms with Gasteiger partial charge in [0, 0.05) is 9.86 Å². The van der Waals surface area contributed by atoms with Crippen LogP contribution in [-0.2, 0) is 4.74 Å². The van der Waals surface area contributed by atoms with Crippen molar-refractivity contribution in [3.63, 3.8) is 0 Å². The maximum atomic E-state index is 14.4. The van der Waals surface area contributed by atoms with E-state index in [0.717, 1.165) is 14.9 Å². The van der Waals surface area contributed by atoms with Crippen molar-refractivity contribution in [1.29, 1.82) is 5.26 Å². The molecule has 0 amide bonds. The fourth-order valence-corrected chi connectivity index (χ4v) is 4.66. The van der Waals surface area contributed by atoms with Crippen molar-refractivity contribution in [2.24, 2.45) is 4.99 Å². The highest BCUT2D eigenvalue weighted by Gasteiger charge is 2.35. The summed E-state index contributed by atoms with van der Waals surface area (Å²) in [6.45, 7) is 2.29. The normalized spacial score (nSPS) is 16.1. The zero-order valence-electron chi connectivity index (χ0n) is 14.8. The summed E-state index contributed by atoms with van der Waals surface area (Å²) < 4.78 is 27.0. The van der Waals surface area contributed by atoms with E-state index in [9.17, 15) is 9.65 Å². The smallest absolute Gasteiger partial charge is 0.236 e. The zero-order chi connectivity index (χ0) is 19.7. The molecular formula is C21H14BrFN2O2S. The van der Waals surface area contributed by atoms with Crippen LogP contribution in [0.1, 0.15) is 23.3 Å². The molecule has 0 fully saturated rings. The molecule has 28 heavy (non-hydrogen) atoms. The van der Waals surface area contributed by atoms with E-state index in [1.165, 1.54) is 23.8 Å². The lowest BCUT2D eigenvalue weighted by atomic mass is 9.88. The summed E-state index contributed by atoms with van der Waals surface area (Å²) >= 11 is 4.74. The van der Waals surface area contributed by atoms with Crippen LogP contribution >= 0.6 is 27.3 Å². The number of fused-ring (bicyclic) bond motifs is 3. The second-order valence-corrected chi connectivity index (χ2v) is 7.99. The molecule has 7 heteroatoms. The highest BCUT2D eigenvalue weighted by Crippen LogP contribution is 2.51. The number of allylic oxidation sites excluding steroid dienone is 1. The molecule has 1 aromatic heterocycles. The molecule has 3 aromatic rings. The summed E-state index contributed by atoms with van der Waals surface area (Å²) in [5.74, 6) is -0.00393. The number of thiophene rings is 1. The van der Waals surface area contributed by atoms with Crippen LogP contribution in [0.2, 0.25) is 0 Å². The number of hydrogen-bond donors (Lipinski definition) is 0. The van der Waals surface area contributed by atoms with Crippen molar-refractivity contribution in [3.05, 3.63) is 74.7 Å². The van der Waals surface area contributed by atoms with Crippen LogP contribution in [0, 0.1) is 17.1 Å². The molecule has 0 saturated heterocycles. The second-order valence-electron chi connectivity index (χ2n) is 6.02. The van der Waals surface area contributed by atoms with Crippen LogP contribution in [0.5, 0.6) is 5.75 Å².